The van der Waals surface area contributed by atoms with E-state index >= 15 is 0 Å². The van der Waals surface area contributed by atoms with Gasteiger partial charge in [-0.25, -0.2) is 0 Å². The molecule has 1 heterocycles. The van der Waals surface area contributed by atoms with Gasteiger partial charge in [0, 0.05) is 23.2 Å². The summed E-state index contributed by atoms with van der Waals surface area (Å²) < 4.78 is 0. The van der Waals surface area contributed by atoms with Crippen LogP contribution in [0.4, 0.5) is 0 Å². The summed E-state index contributed by atoms with van der Waals surface area (Å²) in [6.45, 7) is 8.83. The van der Waals surface area contributed by atoms with E-state index in [0.717, 1.165) is 0 Å². The predicted octanol–water partition coefficient (Wildman–Crippen LogP) is 4.62. The number of aliphatic imine (C=N–C) groups is 1. The molecule has 2 aliphatic rings. The SMILES string of the molecule is CC1(C)C=CC=CC(C2=CC(C)(C)C=CN=C2)=C1. The Hall–Kier alpha value is -1.63. The minimum atomic E-state index is 0.0460. The van der Waals surface area contributed by atoms with Crippen molar-refractivity contribution in [3.8, 4) is 0 Å². The van der Waals surface area contributed by atoms with Crippen LogP contribution in [0.5, 0.6) is 0 Å². The summed E-state index contributed by atoms with van der Waals surface area (Å²) in [6.07, 6.45) is 19.1. The molecule has 0 fully saturated rings. The van der Waals surface area contributed by atoms with Crippen LogP contribution in [0.2, 0.25) is 0 Å². The van der Waals surface area contributed by atoms with Gasteiger partial charge in [-0.1, -0.05) is 70.2 Å². The van der Waals surface area contributed by atoms with Gasteiger partial charge < -0.3 is 0 Å². The summed E-state index contributed by atoms with van der Waals surface area (Å²) in [5, 5.41) is 0. The van der Waals surface area contributed by atoms with Crippen LogP contribution in [-0.4, -0.2) is 6.21 Å². The molecule has 2 rings (SSSR count). The third kappa shape index (κ3) is 3.19. The first-order valence-electron chi connectivity index (χ1n) is 6.41. The highest BCUT2D eigenvalue weighted by molar-refractivity contribution is 5.87. The Morgan fingerprint density at radius 1 is 0.833 bits per heavy atom. The third-order valence-corrected chi connectivity index (χ3v) is 3.10. The molecule has 0 bridgehead atoms. The Balaban J connectivity index is 2.43. The van der Waals surface area contributed by atoms with E-state index in [9.17, 15) is 0 Å². The zero-order valence-electron chi connectivity index (χ0n) is 11.6. The van der Waals surface area contributed by atoms with Gasteiger partial charge in [0.1, 0.15) is 0 Å². The molecule has 0 aromatic carbocycles. The number of hydrogen-bond acceptors (Lipinski definition) is 1. The summed E-state index contributed by atoms with van der Waals surface area (Å²) in [5.74, 6) is 0. The number of hydrogen-bond donors (Lipinski definition) is 0. The molecule has 0 aromatic heterocycles. The highest BCUT2D eigenvalue weighted by Gasteiger charge is 2.17. The van der Waals surface area contributed by atoms with Crippen molar-refractivity contribution in [1.82, 2.24) is 0 Å². The van der Waals surface area contributed by atoms with Crippen LogP contribution < -0.4 is 0 Å². The molecule has 0 atom stereocenters. The second-order valence-electron chi connectivity index (χ2n) is 6.15. The molecule has 1 aliphatic heterocycles. The first kappa shape index (κ1) is 12.8. The lowest BCUT2D eigenvalue weighted by atomic mass is 9.86. The lowest BCUT2D eigenvalue weighted by molar-refractivity contribution is 0.618. The highest BCUT2D eigenvalue weighted by atomic mass is 14.7. The number of allylic oxidation sites excluding steroid dienone is 9. The van der Waals surface area contributed by atoms with E-state index in [2.05, 4.69) is 75.2 Å². The predicted molar refractivity (Wildman–Crippen MR) is 79.6 cm³/mol. The van der Waals surface area contributed by atoms with Gasteiger partial charge in [-0.2, -0.15) is 0 Å². The topological polar surface area (TPSA) is 12.4 Å². The van der Waals surface area contributed by atoms with Crippen LogP contribution in [0.25, 0.3) is 0 Å². The van der Waals surface area contributed by atoms with Crippen LogP contribution >= 0.6 is 0 Å². The lowest BCUT2D eigenvalue weighted by Crippen LogP contribution is -2.07. The third-order valence-electron chi connectivity index (χ3n) is 3.10. The maximum absolute atomic E-state index is 4.33. The van der Waals surface area contributed by atoms with Gasteiger partial charge in [-0.15, -0.1) is 0 Å². The first-order chi connectivity index (χ1) is 8.38. The fourth-order valence-electron chi connectivity index (χ4n) is 2.14. The monoisotopic (exact) mass is 239 g/mol. The molecule has 0 N–H and O–H groups in total. The van der Waals surface area contributed by atoms with E-state index in [1.165, 1.54) is 11.1 Å². The molecular weight excluding hydrogens is 218 g/mol. The Morgan fingerprint density at radius 2 is 1.50 bits per heavy atom. The van der Waals surface area contributed by atoms with E-state index in [1.807, 2.05) is 12.4 Å². The minimum Gasteiger partial charge on any atom is -0.264 e. The minimum absolute atomic E-state index is 0.0460. The van der Waals surface area contributed by atoms with Gasteiger partial charge in [0.2, 0.25) is 0 Å². The fraction of sp³-hybridized carbons (Fsp3) is 0.353. The van der Waals surface area contributed by atoms with E-state index < -0.39 is 0 Å². The standard InChI is InChI=1S/C17H21N/c1-16(2)8-6-5-7-14(11-16)15-12-17(3,4)9-10-18-13-15/h5-13H,1-4H3. The molecule has 18 heavy (non-hydrogen) atoms. The smallest absolute Gasteiger partial charge is 0.0343 e. The van der Waals surface area contributed by atoms with E-state index in [0.29, 0.717) is 0 Å². The Bertz CT molecular complexity index is 458. The van der Waals surface area contributed by atoms with Crippen molar-refractivity contribution in [2.75, 3.05) is 0 Å². The first-order valence-corrected chi connectivity index (χ1v) is 6.41. The molecule has 0 radical (unpaired) electrons. The van der Waals surface area contributed by atoms with Crippen molar-refractivity contribution in [2.45, 2.75) is 27.7 Å². The average Bonchev–Trinajstić information content (AvgIpc) is 2.53. The van der Waals surface area contributed by atoms with Crippen LogP contribution in [0.3, 0.4) is 0 Å². The van der Waals surface area contributed by atoms with Crippen LogP contribution in [0.15, 0.2) is 64.9 Å². The number of rotatable bonds is 1. The summed E-state index contributed by atoms with van der Waals surface area (Å²) in [5.41, 5.74) is 2.56. The summed E-state index contributed by atoms with van der Waals surface area (Å²) in [7, 11) is 0. The second-order valence-corrected chi connectivity index (χ2v) is 6.15. The van der Waals surface area contributed by atoms with Crippen molar-refractivity contribution < 1.29 is 0 Å². The molecule has 1 nitrogen and oxygen atoms in total. The van der Waals surface area contributed by atoms with Crippen molar-refractivity contribution in [3.05, 3.63) is 59.9 Å². The normalized spacial score (nSPS) is 24.2. The van der Waals surface area contributed by atoms with Gasteiger partial charge in [-0.05, 0) is 11.1 Å². The molecule has 0 saturated heterocycles. The largest absolute Gasteiger partial charge is 0.264 e. The molecule has 0 saturated carbocycles. The van der Waals surface area contributed by atoms with Gasteiger partial charge in [0.25, 0.3) is 0 Å². The van der Waals surface area contributed by atoms with E-state index in [1.54, 1.807) is 0 Å². The van der Waals surface area contributed by atoms with Gasteiger partial charge in [-0.3, -0.25) is 4.99 Å². The molecule has 0 spiro atoms. The molecule has 1 heteroatoms. The molecule has 94 valence electrons. The quantitative estimate of drug-likeness (QED) is 0.633. The zero-order valence-corrected chi connectivity index (χ0v) is 11.6. The molecule has 0 aromatic rings. The molecule has 1 aliphatic carbocycles. The van der Waals surface area contributed by atoms with Crippen molar-refractivity contribution in [2.24, 2.45) is 15.8 Å². The lowest BCUT2D eigenvalue weighted by Gasteiger charge is -2.18. The van der Waals surface area contributed by atoms with Crippen LogP contribution in [-0.2, 0) is 0 Å². The van der Waals surface area contributed by atoms with Crippen LogP contribution in [0, 0.1) is 10.8 Å². The van der Waals surface area contributed by atoms with Crippen LogP contribution in [0.1, 0.15) is 27.7 Å². The molecule has 0 unspecified atom stereocenters. The van der Waals surface area contributed by atoms with Crippen molar-refractivity contribution in [1.29, 1.82) is 0 Å². The Morgan fingerprint density at radius 3 is 2.28 bits per heavy atom. The molecular formula is C17H21N. The van der Waals surface area contributed by atoms with Gasteiger partial charge in [0.05, 0.1) is 0 Å². The Kier molecular flexibility index (Phi) is 3.25. The Labute approximate surface area is 110 Å². The van der Waals surface area contributed by atoms with Crippen molar-refractivity contribution in [3.63, 3.8) is 0 Å². The fourth-order valence-corrected chi connectivity index (χ4v) is 2.14. The number of nitrogens with zero attached hydrogens (tertiary/aromatic N) is 1. The highest BCUT2D eigenvalue weighted by Crippen LogP contribution is 2.30. The maximum atomic E-state index is 4.33. The zero-order chi connectivity index (χ0) is 13.2. The van der Waals surface area contributed by atoms with Gasteiger partial charge >= 0.3 is 0 Å². The van der Waals surface area contributed by atoms with Crippen molar-refractivity contribution >= 4 is 6.21 Å². The van der Waals surface area contributed by atoms with Gasteiger partial charge in [0.15, 0.2) is 0 Å². The average molecular weight is 239 g/mol. The maximum Gasteiger partial charge on any atom is 0.0343 e. The summed E-state index contributed by atoms with van der Waals surface area (Å²) in [4.78, 5) is 4.33. The summed E-state index contributed by atoms with van der Waals surface area (Å²) in [6, 6.07) is 0. The summed E-state index contributed by atoms with van der Waals surface area (Å²) >= 11 is 0. The van der Waals surface area contributed by atoms with E-state index in [-0.39, 0.29) is 10.8 Å². The molecule has 0 amide bonds. The van der Waals surface area contributed by atoms with E-state index in [4.69, 9.17) is 0 Å². The second kappa shape index (κ2) is 4.56.